The van der Waals surface area contributed by atoms with Gasteiger partial charge in [-0.15, -0.1) is 0 Å². The van der Waals surface area contributed by atoms with Crippen molar-refractivity contribution < 1.29 is 23.9 Å². The van der Waals surface area contributed by atoms with Crippen molar-refractivity contribution in [1.82, 2.24) is 4.90 Å². The molecule has 6 heteroatoms. The van der Waals surface area contributed by atoms with Gasteiger partial charge < -0.3 is 19.3 Å². The lowest BCUT2D eigenvalue weighted by atomic mass is 10.2. The van der Waals surface area contributed by atoms with Gasteiger partial charge in [0, 0.05) is 40.5 Å². The summed E-state index contributed by atoms with van der Waals surface area (Å²) >= 11 is 0. The van der Waals surface area contributed by atoms with Crippen LogP contribution in [0.3, 0.4) is 0 Å². The van der Waals surface area contributed by atoms with Crippen LogP contribution in [-0.4, -0.2) is 93.3 Å². The van der Waals surface area contributed by atoms with E-state index in [0.29, 0.717) is 13.2 Å². The Balaban J connectivity index is 1.87. The SMILES string of the molecule is CC=[N+]1CCN(C(O)COCCCOCCCCCOC)CC1. The summed E-state index contributed by atoms with van der Waals surface area (Å²) in [5, 5.41) is 10.1. The molecule has 0 aliphatic carbocycles. The first-order chi connectivity index (χ1) is 11.3. The summed E-state index contributed by atoms with van der Waals surface area (Å²) in [5.74, 6) is 0. The second-order valence-electron chi connectivity index (χ2n) is 5.91. The number of unbranched alkanes of at least 4 members (excludes halogenated alkanes) is 2. The first kappa shape index (κ1) is 20.5. The summed E-state index contributed by atoms with van der Waals surface area (Å²) in [5.41, 5.74) is 0. The van der Waals surface area contributed by atoms with E-state index in [9.17, 15) is 5.11 Å². The third-order valence-corrected chi connectivity index (χ3v) is 4.12. The van der Waals surface area contributed by atoms with Gasteiger partial charge in [-0.1, -0.05) is 0 Å². The van der Waals surface area contributed by atoms with Gasteiger partial charge in [-0.05, 0) is 25.7 Å². The molecule has 0 aromatic heterocycles. The quantitative estimate of drug-likeness (QED) is 0.402. The molecule has 1 saturated heterocycles. The van der Waals surface area contributed by atoms with Crippen molar-refractivity contribution in [2.45, 2.75) is 38.8 Å². The van der Waals surface area contributed by atoms with Crippen LogP contribution >= 0.6 is 0 Å². The van der Waals surface area contributed by atoms with Crippen LogP contribution in [0.1, 0.15) is 32.6 Å². The first-order valence-electron chi connectivity index (χ1n) is 8.88. The lowest BCUT2D eigenvalue weighted by Crippen LogP contribution is -2.49. The molecule has 1 heterocycles. The average molecular weight is 331 g/mol. The van der Waals surface area contributed by atoms with Crippen molar-refractivity contribution >= 4 is 6.21 Å². The molecule has 1 aliphatic heterocycles. The predicted molar refractivity (Wildman–Crippen MR) is 91.3 cm³/mol. The summed E-state index contributed by atoms with van der Waals surface area (Å²) in [6.07, 6.45) is 5.84. The van der Waals surface area contributed by atoms with E-state index in [1.54, 1.807) is 7.11 Å². The van der Waals surface area contributed by atoms with Gasteiger partial charge in [0.05, 0.1) is 19.7 Å². The maximum absolute atomic E-state index is 10.1. The molecule has 0 aromatic carbocycles. The van der Waals surface area contributed by atoms with Crippen LogP contribution in [0.25, 0.3) is 0 Å². The van der Waals surface area contributed by atoms with Gasteiger partial charge in [0.2, 0.25) is 0 Å². The van der Waals surface area contributed by atoms with Gasteiger partial charge in [0.25, 0.3) is 0 Å². The molecule has 23 heavy (non-hydrogen) atoms. The normalized spacial score (nSPS) is 17.4. The minimum absolute atomic E-state index is 0.382. The minimum Gasteiger partial charge on any atom is -0.385 e. The molecule has 0 radical (unpaired) electrons. The summed E-state index contributed by atoms with van der Waals surface area (Å²) in [7, 11) is 1.73. The number of nitrogens with zero attached hydrogens (tertiary/aromatic N) is 2. The standard InChI is InChI=1S/C17H35N2O4/c1-3-18-8-10-19(11-9-18)17(20)16-23-15-7-14-22-13-6-4-5-12-21-2/h3,17,20H,4-16H2,1-2H3/q+1. The highest BCUT2D eigenvalue weighted by molar-refractivity contribution is 5.46. The van der Waals surface area contributed by atoms with E-state index in [1.807, 2.05) is 0 Å². The molecule has 0 amide bonds. The summed E-state index contributed by atoms with van der Waals surface area (Å²) in [6, 6.07) is 0. The molecule has 0 aromatic rings. The maximum Gasteiger partial charge on any atom is 0.155 e. The number of aliphatic hydroxyl groups is 1. The van der Waals surface area contributed by atoms with Gasteiger partial charge in [0.15, 0.2) is 13.1 Å². The Hall–Kier alpha value is -0.530. The fourth-order valence-electron chi connectivity index (χ4n) is 2.58. The van der Waals surface area contributed by atoms with E-state index < -0.39 is 6.23 Å². The first-order valence-corrected chi connectivity index (χ1v) is 8.88. The molecule has 0 bridgehead atoms. The zero-order valence-electron chi connectivity index (χ0n) is 14.9. The van der Waals surface area contributed by atoms with Gasteiger partial charge in [0.1, 0.15) is 12.4 Å². The highest BCUT2D eigenvalue weighted by Gasteiger charge is 2.23. The van der Waals surface area contributed by atoms with Gasteiger partial charge in [-0.3, -0.25) is 4.90 Å². The Kier molecular flexibility index (Phi) is 12.4. The number of hydrogen-bond acceptors (Lipinski definition) is 5. The van der Waals surface area contributed by atoms with E-state index >= 15 is 0 Å². The van der Waals surface area contributed by atoms with Crippen LogP contribution in [0.15, 0.2) is 0 Å². The number of piperazine rings is 1. The van der Waals surface area contributed by atoms with Crippen molar-refractivity contribution in [2.75, 3.05) is 66.3 Å². The molecular formula is C17H35N2O4+. The van der Waals surface area contributed by atoms with Crippen molar-refractivity contribution in [3.05, 3.63) is 0 Å². The van der Waals surface area contributed by atoms with Crippen molar-refractivity contribution in [3.63, 3.8) is 0 Å². The predicted octanol–water partition coefficient (Wildman–Crippen LogP) is 0.964. The molecule has 1 rings (SSSR count). The third-order valence-electron chi connectivity index (χ3n) is 4.12. The van der Waals surface area contributed by atoms with Crippen LogP contribution in [-0.2, 0) is 14.2 Å². The number of methoxy groups -OCH3 is 1. The van der Waals surface area contributed by atoms with Gasteiger partial charge >= 0.3 is 0 Å². The molecule has 0 saturated carbocycles. The molecule has 136 valence electrons. The Bertz CT molecular complexity index is 303. The molecule has 1 aliphatic rings. The summed E-state index contributed by atoms with van der Waals surface area (Å²) in [4.78, 5) is 2.08. The van der Waals surface area contributed by atoms with E-state index in [2.05, 4.69) is 22.6 Å². The lowest BCUT2D eigenvalue weighted by molar-refractivity contribution is -0.538. The fraction of sp³-hybridized carbons (Fsp3) is 0.941. The van der Waals surface area contributed by atoms with Gasteiger partial charge in [-0.25, -0.2) is 4.58 Å². The van der Waals surface area contributed by atoms with Crippen LogP contribution in [0.4, 0.5) is 0 Å². The molecule has 6 nitrogen and oxygen atoms in total. The molecule has 1 N–H and O–H groups in total. The summed E-state index contributed by atoms with van der Waals surface area (Å²) in [6.45, 7) is 9.19. The average Bonchev–Trinajstić information content (AvgIpc) is 2.59. The minimum atomic E-state index is -0.490. The second-order valence-corrected chi connectivity index (χ2v) is 5.91. The number of rotatable bonds is 13. The highest BCUT2D eigenvalue weighted by atomic mass is 16.5. The Morgan fingerprint density at radius 1 is 1.00 bits per heavy atom. The van der Waals surface area contributed by atoms with Crippen molar-refractivity contribution in [3.8, 4) is 0 Å². The number of aliphatic hydroxyl groups excluding tert-OH is 1. The Labute approximate surface area is 141 Å². The molecule has 0 spiro atoms. The van der Waals surface area contributed by atoms with Crippen molar-refractivity contribution in [1.29, 1.82) is 0 Å². The van der Waals surface area contributed by atoms with Crippen LogP contribution in [0.2, 0.25) is 0 Å². The zero-order chi connectivity index (χ0) is 16.8. The molecule has 1 atom stereocenters. The topological polar surface area (TPSA) is 54.2 Å². The van der Waals surface area contributed by atoms with E-state index in [1.165, 1.54) is 0 Å². The van der Waals surface area contributed by atoms with Crippen LogP contribution in [0, 0.1) is 0 Å². The highest BCUT2D eigenvalue weighted by Crippen LogP contribution is 2.02. The monoisotopic (exact) mass is 331 g/mol. The number of ether oxygens (including phenoxy) is 3. The largest absolute Gasteiger partial charge is 0.385 e. The fourth-order valence-corrected chi connectivity index (χ4v) is 2.58. The Morgan fingerprint density at radius 3 is 2.35 bits per heavy atom. The van der Waals surface area contributed by atoms with Crippen LogP contribution in [0.5, 0.6) is 0 Å². The Morgan fingerprint density at radius 2 is 1.65 bits per heavy atom. The molecule has 1 fully saturated rings. The number of hydrogen-bond donors (Lipinski definition) is 1. The van der Waals surface area contributed by atoms with E-state index in [0.717, 1.165) is 71.7 Å². The molecular weight excluding hydrogens is 296 g/mol. The third kappa shape index (κ3) is 10.0. The van der Waals surface area contributed by atoms with E-state index in [-0.39, 0.29) is 0 Å². The van der Waals surface area contributed by atoms with Gasteiger partial charge in [-0.2, -0.15) is 0 Å². The smallest absolute Gasteiger partial charge is 0.155 e. The van der Waals surface area contributed by atoms with E-state index in [4.69, 9.17) is 14.2 Å². The summed E-state index contributed by atoms with van der Waals surface area (Å²) < 4.78 is 18.4. The van der Waals surface area contributed by atoms with Crippen LogP contribution < -0.4 is 0 Å². The molecule has 1 unspecified atom stereocenters. The zero-order valence-corrected chi connectivity index (χ0v) is 14.9. The van der Waals surface area contributed by atoms with Crippen molar-refractivity contribution in [2.24, 2.45) is 0 Å². The lowest BCUT2D eigenvalue weighted by Gasteiger charge is -2.29. The second kappa shape index (κ2) is 13.9. The maximum atomic E-state index is 10.1.